The molecule has 2 aromatic heterocycles. The number of aryl methyl sites for hydroxylation is 1. The maximum atomic E-state index is 12.3. The van der Waals surface area contributed by atoms with Crippen LogP contribution in [0.4, 0.5) is 0 Å². The quantitative estimate of drug-likeness (QED) is 0.736. The summed E-state index contributed by atoms with van der Waals surface area (Å²) in [6.07, 6.45) is 1.81. The minimum atomic E-state index is -0.0921. The standard InChI is InChI=1S/C17H20N2O3/c1-12-8-15(22-13(2)11-21-3)10-16(19-12)17(20)9-14-6-4-5-7-18-14/h4-8,10,13H,9,11H2,1-3H3/t13-/m1/s1. The molecule has 0 unspecified atom stereocenters. The maximum Gasteiger partial charge on any atom is 0.187 e. The second-order valence-corrected chi connectivity index (χ2v) is 5.13. The van der Waals surface area contributed by atoms with Gasteiger partial charge in [0.25, 0.3) is 0 Å². The summed E-state index contributed by atoms with van der Waals surface area (Å²) in [5.74, 6) is 0.549. The van der Waals surface area contributed by atoms with Gasteiger partial charge in [-0.05, 0) is 26.0 Å². The average molecular weight is 300 g/mol. The molecule has 1 atom stereocenters. The van der Waals surface area contributed by atoms with Gasteiger partial charge in [0, 0.05) is 36.8 Å². The van der Waals surface area contributed by atoms with Crippen molar-refractivity contribution in [3.05, 3.63) is 53.6 Å². The molecule has 0 bridgehead atoms. The Hall–Kier alpha value is -2.27. The summed E-state index contributed by atoms with van der Waals surface area (Å²) in [4.78, 5) is 20.8. The molecule has 0 saturated carbocycles. The van der Waals surface area contributed by atoms with E-state index in [0.717, 1.165) is 11.4 Å². The molecule has 0 radical (unpaired) electrons. The molecular formula is C17H20N2O3. The van der Waals surface area contributed by atoms with E-state index in [0.29, 0.717) is 18.1 Å². The van der Waals surface area contributed by atoms with Crippen LogP contribution in [0.5, 0.6) is 5.75 Å². The zero-order valence-corrected chi connectivity index (χ0v) is 13.1. The van der Waals surface area contributed by atoms with Crippen LogP contribution in [0.25, 0.3) is 0 Å². The van der Waals surface area contributed by atoms with Gasteiger partial charge in [-0.25, -0.2) is 4.98 Å². The summed E-state index contributed by atoms with van der Waals surface area (Å²) < 4.78 is 10.8. The smallest absolute Gasteiger partial charge is 0.187 e. The van der Waals surface area contributed by atoms with Gasteiger partial charge in [-0.1, -0.05) is 6.07 Å². The summed E-state index contributed by atoms with van der Waals surface area (Å²) in [5, 5.41) is 0. The molecule has 0 N–H and O–H groups in total. The van der Waals surface area contributed by atoms with Crippen molar-refractivity contribution in [1.29, 1.82) is 0 Å². The number of hydrogen-bond donors (Lipinski definition) is 0. The molecule has 0 aliphatic rings. The minimum Gasteiger partial charge on any atom is -0.488 e. The number of aromatic nitrogens is 2. The van der Waals surface area contributed by atoms with Crippen molar-refractivity contribution in [1.82, 2.24) is 9.97 Å². The van der Waals surface area contributed by atoms with Crippen molar-refractivity contribution < 1.29 is 14.3 Å². The Balaban J connectivity index is 2.13. The SMILES string of the molecule is COC[C@@H](C)Oc1cc(C)nc(C(=O)Cc2ccccn2)c1. The van der Waals surface area contributed by atoms with Gasteiger partial charge >= 0.3 is 0 Å². The lowest BCUT2D eigenvalue weighted by Crippen LogP contribution is -2.18. The molecule has 2 rings (SSSR count). The fourth-order valence-corrected chi connectivity index (χ4v) is 2.11. The van der Waals surface area contributed by atoms with Gasteiger partial charge in [0.1, 0.15) is 17.5 Å². The van der Waals surface area contributed by atoms with Crippen LogP contribution < -0.4 is 4.74 Å². The van der Waals surface area contributed by atoms with Gasteiger partial charge < -0.3 is 9.47 Å². The van der Waals surface area contributed by atoms with E-state index in [4.69, 9.17) is 9.47 Å². The van der Waals surface area contributed by atoms with Crippen LogP contribution in [0.15, 0.2) is 36.5 Å². The number of pyridine rings is 2. The Kier molecular flexibility index (Phi) is 5.61. The van der Waals surface area contributed by atoms with Crippen LogP contribution >= 0.6 is 0 Å². The van der Waals surface area contributed by atoms with E-state index in [-0.39, 0.29) is 18.3 Å². The van der Waals surface area contributed by atoms with Crippen LogP contribution in [0, 0.1) is 6.92 Å². The molecule has 5 heteroatoms. The second-order valence-electron chi connectivity index (χ2n) is 5.13. The van der Waals surface area contributed by atoms with Gasteiger partial charge in [0.15, 0.2) is 5.78 Å². The molecular weight excluding hydrogens is 280 g/mol. The Morgan fingerprint density at radius 3 is 2.82 bits per heavy atom. The normalized spacial score (nSPS) is 12.0. The van der Waals surface area contributed by atoms with Crippen molar-refractivity contribution in [3.63, 3.8) is 0 Å². The highest BCUT2D eigenvalue weighted by atomic mass is 16.5. The van der Waals surface area contributed by atoms with Crippen LogP contribution in [0.3, 0.4) is 0 Å². The predicted octanol–water partition coefficient (Wildman–Crippen LogP) is 2.62. The van der Waals surface area contributed by atoms with E-state index in [1.165, 1.54) is 0 Å². The molecule has 0 aromatic carbocycles. The lowest BCUT2D eigenvalue weighted by molar-refractivity contribution is 0.0913. The zero-order chi connectivity index (χ0) is 15.9. The lowest BCUT2D eigenvalue weighted by atomic mass is 10.1. The molecule has 0 saturated heterocycles. The van der Waals surface area contributed by atoms with Gasteiger partial charge in [-0.15, -0.1) is 0 Å². The van der Waals surface area contributed by atoms with Crippen LogP contribution in [-0.4, -0.2) is 35.6 Å². The molecule has 0 fully saturated rings. The fraction of sp³-hybridized carbons (Fsp3) is 0.353. The molecule has 0 amide bonds. The van der Waals surface area contributed by atoms with E-state index >= 15 is 0 Å². The Morgan fingerprint density at radius 1 is 1.32 bits per heavy atom. The van der Waals surface area contributed by atoms with E-state index in [9.17, 15) is 4.79 Å². The number of ketones is 1. The largest absolute Gasteiger partial charge is 0.488 e. The first-order valence-corrected chi connectivity index (χ1v) is 7.16. The van der Waals surface area contributed by atoms with E-state index < -0.39 is 0 Å². The number of rotatable bonds is 7. The van der Waals surface area contributed by atoms with Crippen molar-refractivity contribution in [3.8, 4) is 5.75 Å². The summed E-state index contributed by atoms with van der Waals surface area (Å²) >= 11 is 0. The van der Waals surface area contributed by atoms with Gasteiger partial charge in [-0.3, -0.25) is 9.78 Å². The number of ether oxygens (including phenoxy) is 2. The van der Waals surface area contributed by atoms with Gasteiger partial charge in [0.05, 0.1) is 13.0 Å². The highest BCUT2D eigenvalue weighted by Crippen LogP contribution is 2.17. The summed E-state index contributed by atoms with van der Waals surface area (Å²) in [6, 6.07) is 8.99. The first-order valence-electron chi connectivity index (χ1n) is 7.16. The minimum absolute atomic E-state index is 0.0772. The van der Waals surface area contributed by atoms with Gasteiger partial charge in [0.2, 0.25) is 0 Å². The number of hydrogen-bond acceptors (Lipinski definition) is 5. The van der Waals surface area contributed by atoms with Crippen molar-refractivity contribution in [2.24, 2.45) is 0 Å². The number of nitrogens with zero attached hydrogens (tertiary/aromatic N) is 2. The topological polar surface area (TPSA) is 61.3 Å². The highest BCUT2D eigenvalue weighted by molar-refractivity contribution is 5.95. The Bertz CT molecular complexity index is 629. The molecule has 0 spiro atoms. The van der Waals surface area contributed by atoms with E-state index in [2.05, 4.69) is 9.97 Å². The third kappa shape index (κ3) is 4.63. The van der Waals surface area contributed by atoms with Crippen molar-refractivity contribution in [2.45, 2.75) is 26.4 Å². The molecule has 22 heavy (non-hydrogen) atoms. The third-order valence-corrected chi connectivity index (χ3v) is 3.02. The average Bonchev–Trinajstić information content (AvgIpc) is 2.47. The van der Waals surface area contributed by atoms with Crippen LogP contribution in [-0.2, 0) is 11.2 Å². The summed E-state index contributed by atoms with van der Waals surface area (Å²) in [5.41, 5.74) is 1.86. The zero-order valence-electron chi connectivity index (χ0n) is 13.1. The van der Waals surface area contributed by atoms with Crippen LogP contribution in [0.1, 0.15) is 28.8 Å². The molecule has 2 aromatic rings. The Morgan fingerprint density at radius 2 is 2.14 bits per heavy atom. The Labute approximate surface area is 130 Å². The second kappa shape index (κ2) is 7.66. The molecule has 0 aliphatic carbocycles. The molecule has 0 aliphatic heterocycles. The first-order chi connectivity index (χ1) is 10.6. The summed E-state index contributed by atoms with van der Waals surface area (Å²) in [7, 11) is 1.62. The first kappa shape index (κ1) is 16.1. The maximum absolute atomic E-state index is 12.3. The monoisotopic (exact) mass is 300 g/mol. The number of carbonyl (C=O) groups excluding carboxylic acids is 1. The summed E-state index contributed by atoms with van der Waals surface area (Å²) in [6.45, 7) is 4.23. The predicted molar refractivity (Wildman–Crippen MR) is 83.2 cm³/mol. The van der Waals surface area contributed by atoms with Crippen molar-refractivity contribution in [2.75, 3.05) is 13.7 Å². The lowest BCUT2D eigenvalue weighted by Gasteiger charge is -2.14. The highest BCUT2D eigenvalue weighted by Gasteiger charge is 2.13. The third-order valence-electron chi connectivity index (χ3n) is 3.02. The number of carbonyl (C=O) groups is 1. The number of methoxy groups -OCH3 is 1. The van der Waals surface area contributed by atoms with E-state index in [1.807, 2.05) is 38.1 Å². The molecule has 5 nitrogen and oxygen atoms in total. The molecule has 116 valence electrons. The fourth-order valence-electron chi connectivity index (χ4n) is 2.11. The molecule has 2 heterocycles. The van der Waals surface area contributed by atoms with Gasteiger partial charge in [-0.2, -0.15) is 0 Å². The number of Topliss-reactive ketones (excluding diaryl/α,β-unsaturated/α-hetero) is 1. The van der Waals surface area contributed by atoms with E-state index in [1.54, 1.807) is 19.4 Å². The van der Waals surface area contributed by atoms with Crippen molar-refractivity contribution >= 4 is 5.78 Å². The van der Waals surface area contributed by atoms with Crippen LogP contribution in [0.2, 0.25) is 0 Å².